The summed E-state index contributed by atoms with van der Waals surface area (Å²) in [6.45, 7) is 0.126. The van der Waals surface area contributed by atoms with Crippen LogP contribution in [0.15, 0.2) is 12.1 Å². The minimum Gasteiger partial charge on any atom is -0.396 e. The van der Waals surface area contributed by atoms with Gasteiger partial charge in [-0.05, 0) is 37.3 Å². The molecule has 0 spiro atoms. The standard InChI is InChI=1S/C17H20F2N2O3/c1-21(10-4-9(5-10)8-22)11-6-13(18)16(14(19)7-11)12-2-3-15(23)20-17(12)24/h6-7,9-10,12,22H,2-5,8H2,1H3,(H,20,23,24)/t9?,10?,12-/m1/s1. The van der Waals surface area contributed by atoms with Gasteiger partial charge in [0.2, 0.25) is 11.8 Å². The predicted molar refractivity (Wildman–Crippen MR) is 83.5 cm³/mol. The first-order valence-electron chi connectivity index (χ1n) is 8.07. The SMILES string of the molecule is CN(c1cc(F)c([C@H]2CCC(=O)NC2=O)c(F)c1)C1CC(CO)C1. The molecule has 1 saturated heterocycles. The summed E-state index contributed by atoms with van der Waals surface area (Å²) >= 11 is 0. The van der Waals surface area contributed by atoms with Crippen LogP contribution in [-0.4, -0.2) is 36.6 Å². The number of carbonyl (C=O) groups excluding carboxylic acids is 2. The Morgan fingerprint density at radius 3 is 2.42 bits per heavy atom. The number of amides is 2. The predicted octanol–water partition coefficient (Wildman–Crippen LogP) is 1.69. The molecule has 2 amide bonds. The fourth-order valence-corrected chi connectivity index (χ4v) is 3.45. The molecular weight excluding hydrogens is 318 g/mol. The summed E-state index contributed by atoms with van der Waals surface area (Å²) < 4.78 is 29.0. The first-order valence-corrected chi connectivity index (χ1v) is 8.07. The van der Waals surface area contributed by atoms with Gasteiger partial charge in [-0.25, -0.2) is 8.78 Å². The Bertz CT molecular complexity index is 651. The van der Waals surface area contributed by atoms with E-state index in [9.17, 15) is 18.4 Å². The molecule has 2 N–H and O–H groups in total. The van der Waals surface area contributed by atoms with E-state index in [0.29, 0.717) is 5.69 Å². The van der Waals surface area contributed by atoms with Crippen molar-refractivity contribution >= 4 is 17.5 Å². The molecule has 1 aliphatic carbocycles. The minimum atomic E-state index is -0.982. The van der Waals surface area contributed by atoms with Gasteiger partial charge in [0.1, 0.15) is 11.6 Å². The highest BCUT2D eigenvalue weighted by atomic mass is 19.1. The van der Waals surface area contributed by atoms with Gasteiger partial charge in [0.15, 0.2) is 0 Å². The van der Waals surface area contributed by atoms with E-state index in [1.54, 1.807) is 11.9 Å². The second kappa shape index (κ2) is 6.47. The summed E-state index contributed by atoms with van der Waals surface area (Å²) in [4.78, 5) is 24.8. The zero-order valence-electron chi connectivity index (χ0n) is 13.4. The largest absolute Gasteiger partial charge is 0.396 e. The number of imide groups is 1. The van der Waals surface area contributed by atoms with Crippen LogP contribution in [0.4, 0.5) is 14.5 Å². The van der Waals surface area contributed by atoms with E-state index in [4.69, 9.17) is 5.11 Å². The Morgan fingerprint density at radius 2 is 1.88 bits per heavy atom. The van der Waals surface area contributed by atoms with Crippen LogP contribution in [0.25, 0.3) is 0 Å². The van der Waals surface area contributed by atoms with Gasteiger partial charge in [-0.2, -0.15) is 0 Å². The van der Waals surface area contributed by atoms with Gasteiger partial charge in [-0.1, -0.05) is 0 Å². The third kappa shape index (κ3) is 3.00. The molecule has 1 aromatic rings. The summed E-state index contributed by atoms with van der Waals surface area (Å²) in [6, 6.07) is 2.60. The highest BCUT2D eigenvalue weighted by Gasteiger charge is 2.35. The lowest BCUT2D eigenvalue weighted by Crippen LogP contribution is -2.44. The average molecular weight is 338 g/mol. The minimum absolute atomic E-state index is 0.0710. The van der Waals surface area contributed by atoms with Gasteiger partial charge in [-0.3, -0.25) is 14.9 Å². The zero-order valence-corrected chi connectivity index (χ0v) is 13.4. The Morgan fingerprint density at radius 1 is 1.25 bits per heavy atom. The summed E-state index contributed by atoms with van der Waals surface area (Å²) in [5.41, 5.74) is 0.126. The van der Waals surface area contributed by atoms with Crippen LogP contribution in [0.2, 0.25) is 0 Å². The van der Waals surface area contributed by atoms with Gasteiger partial charge in [0, 0.05) is 37.4 Å². The number of aliphatic hydroxyl groups is 1. The normalized spacial score (nSPS) is 26.8. The molecule has 2 aliphatic rings. The number of piperidine rings is 1. The number of hydrogen-bond donors (Lipinski definition) is 2. The van der Waals surface area contributed by atoms with Crippen LogP contribution >= 0.6 is 0 Å². The third-order valence-corrected chi connectivity index (χ3v) is 5.08. The average Bonchev–Trinajstić information content (AvgIpc) is 2.47. The molecule has 1 aromatic carbocycles. The second-order valence-corrected chi connectivity index (χ2v) is 6.61. The van der Waals surface area contributed by atoms with E-state index < -0.39 is 29.4 Å². The zero-order chi connectivity index (χ0) is 17.4. The van der Waals surface area contributed by atoms with Crippen LogP contribution in [0, 0.1) is 17.6 Å². The van der Waals surface area contributed by atoms with Gasteiger partial charge >= 0.3 is 0 Å². The molecule has 1 heterocycles. The molecule has 1 atom stereocenters. The summed E-state index contributed by atoms with van der Waals surface area (Å²) in [6.07, 6.45) is 1.74. The van der Waals surface area contributed by atoms with E-state index in [0.717, 1.165) is 12.8 Å². The number of nitrogens with zero attached hydrogens (tertiary/aromatic N) is 1. The first-order chi connectivity index (χ1) is 11.4. The fraction of sp³-hybridized carbons (Fsp3) is 0.529. The molecule has 24 heavy (non-hydrogen) atoms. The lowest BCUT2D eigenvalue weighted by Gasteiger charge is -2.41. The molecule has 2 fully saturated rings. The molecule has 0 radical (unpaired) electrons. The second-order valence-electron chi connectivity index (χ2n) is 6.61. The first kappa shape index (κ1) is 16.8. The lowest BCUT2D eigenvalue weighted by molar-refractivity contribution is -0.134. The molecule has 3 rings (SSSR count). The topological polar surface area (TPSA) is 69.6 Å². The van der Waals surface area contributed by atoms with Gasteiger partial charge in [0.25, 0.3) is 0 Å². The van der Waals surface area contributed by atoms with E-state index >= 15 is 0 Å². The number of rotatable bonds is 4. The molecule has 7 heteroatoms. The van der Waals surface area contributed by atoms with Crippen LogP contribution in [-0.2, 0) is 9.59 Å². The highest BCUT2D eigenvalue weighted by molar-refractivity contribution is 6.01. The maximum absolute atomic E-state index is 14.5. The summed E-state index contributed by atoms with van der Waals surface area (Å²) in [5.74, 6) is -3.36. The number of nitrogens with one attached hydrogen (secondary N) is 1. The number of halogens is 2. The van der Waals surface area contributed by atoms with Crippen LogP contribution in [0.3, 0.4) is 0 Å². The van der Waals surface area contributed by atoms with Crippen molar-refractivity contribution in [3.8, 4) is 0 Å². The van der Waals surface area contributed by atoms with Crippen LogP contribution in [0.1, 0.15) is 37.2 Å². The monoisotopic (exact) mass is 338 g/mol. The summed E-state index contributed by atoms with van der Waals surface area (Å²) in [7, 11) is 1.76. The van der Waals surface area contributed by atoms with Crippen molar-refractivity contribution in [1.82, 2.24) is 5.32 Å². The van der Waals surface area contributed by atoms with Crippen molar-refractivity contribution in [2.75, 3.05) is 18.6 Å². The van der Waals surface area contributed by atoms with Crippen molar-refractivity contribution in [3.05, 3.63) is 29.3 Å². The van der Waals surface area contributed by atoms with Gasteiger partial charge in [-0.15, -0.1) is 0 Å². The smallest absolute Gasteiger partial charge is 0.234 e. The number of aliphatic hydroxyl groups excluding tert-OH is 1. The molecule has 5 nitrogen and oxygen atoms in total. The maximum atomic E-state index is 14.5. The number of carbonyl (C=O) groups is 2. The molecule has 1 aliphatic heterocycles. The van der Waals surface area contributed by atoms with Crippen molar-refractivity contribution in [2.24, 2.45) is 5.92 Å². The molecule has 0 bridgehead atoms. The number of anilines is 1. The highest BCUT2D eigenvalue weighted by Crippen LogP contribution is 2.36. The number of benzene rings is 1. The van der Waals surface area contributed by atoms with Crippen molar-refractivity contribution in [1.29, 1.82) is 0 Å². The molecule has 1 saturated carbocycles. The van der Waals surface area contributed by atoms with Crippen molar-refractivity contribution in [2.45, 2.75) is 37.6 Å². The Kier molecular flexibility index (Phi) is 4.54. The van der Waals surface area contributed by atoms with Gasteiger partial charge in [0.05, 0.1) is 5.92 Å². The van der Waals surface area contributed by atoms with Gasteiger partial charge < -0.3 is 10.0 Å². The molecule has 0 aromatic heterocycles. The fourth-order valence-electron chi connectivity index (χ4n) is 3.45. The van der Waals surface area contributed by atoms with E-state index in [2.05, 4.69) is 5.32 Å². The Balaban J connectivity index is 1.81. The quantitative estimate of drug-likeness (QED) is 0.820. The van der Waals surface area contributed by atoms with E-state index in [-0.39, 0.29) is 37.0 Å². The summed E-state index contributed by atoms with van der Waals surface area (Å²) in [5, 5.41) is 11.2. The van der Waals surface area contributed by atoms with E-state index in [1.807, 2.05) is 0 Å². The van der Waals surface area contributed by atoms with Crippen molar-refractivity contribution < 1.29 is 23.5 Å². The third-order valence-electron chi connectivity index (χ3n) is 5.08. The van der Waals surface area contributed by atoms with Crippen LogP contribution in [0.5, 0.6) is 0 Å². The maximum Gasteiger partial charge on any atom is 0.234 e. The van der Waals surface area contributed by atoms with E-state index in [1.165, 1.54) is 12.1 Å². The molecule has 0 unspecified atom stereocenters. The number of hydrogen-bond acceptors (Lipinski definition) is 4. The van der Waals surface area contributed by atoms with Crippen molar-refractivity contribution in [3.63, 3.8) is 0 Å². The Hall–Kier alpha value is -2.02. The van der Waals surface area contributed by atoms with Crippen LogP contribution < -0.4 is 10.2 Å². The lowest BCUT2D eigenvalue weighted by atomic mass is 9.80. The molecular formula is C17H20F2N2O3. The Labute approximate surface area is 138 Å². The molecule has 130 valence electrons.